The summed E-state index contributed by atoms with van der Waals surface area (Å²) in [7, 11) is 2.95. The fraction of sp³-hybridized carbons (Fsp3) is 0.100. The maximum Gasteiger partial charge on any atom is 0.244 e. The fourth-order valence-corrected chi connectivity index (χ4v) is 4.51. The SMILES string of the molecule is COc1cc2c(=O)c(C(=O)c3ccc4ccccc4c3)cn(CC(=O)Nc3ccc(Cl)cc3)c2cc1OC. The number of nitrogens with one attached hydrogen (secondary N) is 1. The Bertz CT molecular complexity index is 1760. The molecule has 190 valence electrons. The molecule has 0 atom stereocenters. The van der Waals surface area contributed by atoms with Crippen LogP contribution in [0.4, 0.5) is 5.69 Å². The van der Waals surface area contributed by atoms with E-state index in [0.717, 1.165) is 10.8 Å². The number of ether oxygens (including phenoxy) is 2. The molecule has 1 N–H and O–H groups in total. The number of methoxy groups -OCH3 is 2. The zero-order valence-corrected chi connectivity index (χ0v) is 21.4. The molecule has 0 aliphatic heterocycles. The molecule has 4 aromatic carbocycles. The Morgan fingerprint density at radius 3 is 2.26 bits per heavy atom. The highest BCUT2D eigenvalue weighted by Crippen LogP contribution is 2.31. The van der Waals surface area contributed by atoms with E-state index in [2.05, 4.69) is 5.32 Å². The van der Waals surface area contributed by atoms with Gasteiger partial charge in [-0.05, 0) is 47.2 Å². The molecule has 0 saturated carbocycles. The van der Waals surface area contributed by atoms with Crippen LogP contribution in [-0.4, -0.2) is 30.5 Å². The third kappa shape index (κ3) is 4.84. The Balaban J connectivity index is 1.62. The Kier molecular flexibility index (Phi) is 6.85. The molecule has 7 nitrogen and oxygen atoms in total. The molecular weight excluding hydrogens is 504 g/mol. The summed E-state index contributed by atoms with van der Waals surface area (Å²) < 4.78 is 12.4. The molecule has 1 heterocycles. The first-order valence-electron chi connectivity index (χ1n) is 11.8. The number of amides is 1. The summed E-state index contributed by atoms with van der Waals surface area (Å²) in [5.41, 5.74) is 0.844. The molecule has 0 aliphatic rings. The predicted octanol–water partition coefficient (Wildman–Crippen LogP) is 5.70. The standard InChI is InChI=1S/C30H23ClN2O5/c1-37-26-14-23-25(15-27(26)38-2)33(17-28(34)32-22-11-9-21(31)10-12-22)16-24(30(23)36)29(35)20-8-7-18-5-3-4-6-19(18)13-20/h3-16H,17H2,1-2H3,(H,32,34). The molecule has 0 spiro atoms. The number of hydrogen-bond acceptors (Lipinski definition) is 5. The number of benzene rings is 4. The summed E-state index contributed by atoms with van der Waals surface area (Å²) in [5.74, 6) is -0.0649. The largest absolute Gasteiger partial charge is 0.493 e. The number of carbonyl (C=O) groups is 2. The number of fused-ring (bicyclic) bond motifs is 2. The molecule has 0 saturated heterocycles. The highest BCUT2D eigenvalue weighted by atomic mass is 35.5. The van der Waals surface area contributed by atoms with Gasteiger partial charge in [0.15, 0.2) is 17.3 Å². The molecule has 5 rings (SSSR count). The van der Waals surface area contributed by atoms with Crippen LogP contribution in [0.25, 0.3) is 21.7 Å². The first-order valence-corrected chi connectivity index (χ1v) is 12.1. The van der Waals surface area contributed by atoms with Gasteiger partial charge in [-0.3, -0.25) is 14.4 Å². The van der Waals surface area contributed by atoms with E-state index >= 15 is 0 Å². The minimum Gasteiger partial charge on any atom is -0.493 e. The van der Waals surface area contributed by atoms with E-state index in [0.29, 0.717) is 33.3 Å². The lowest BCUT2D eigenvalue weighted by molar-refractivity contribution is -0.116. The maximum atomic E-state index is 13.6. The second kappa shape index (κ2) is 10.4. The van der Waals surface area contributed by atoms with Gasteiger partial charge in [0.05, 0.1) is 30.7 Å². The molecule has 1 aromatic heterocycles. The Hall–Kier alpha value is -4.62. The molecule has 0 radical (unpaired) electrons. The highest BCUT2D eigenvalue weighted by Gasteiger charge is 2.21. The minimum atomic E-state index is -0.464. The van der Waals surface area contributed by atoms with Crippen molar-refractivity contribution in [2.24, 2.45) is 0 Å². The summed E-state index contributed by atoms with van der Waals surface area (Å²) >= 11 is 5.94. The average molecular weight is 527 g/mol. The van der Waals surface area contributed by atoms with Crippen molar-refractivity contribution in [2.75, 3.05) is 19.5 Å². The molecular formula is C30H23ClN2O5. The third-order valence-electron chi connectivity index (χ3n) is 6.28. The van der Waals surface area contributed by atoms with Crippen LogP contribution < -0.4 is 20.2 Å². The van der Waals surface area contributed by atoms with E-state index in [1.165, 1.54) is 26.5 Å². The Labute approximate surface area is 223 Å². The van der Waals surface area contributed by atoms with E-state index in [4.69, 9.17) is 21.1 Å². The number of hydrogen-bond donors (Lipinski definition) is 1. The van der Waals surface area contributed by atoms with Crippen molar-refractivity contribution in [2.45, 2.75) is 6.54 Å². The number of anilines is 1. The number of pyridine rings is 1. The number of halogens is 1. The third-order valence-corrected chi connectivity index (χ3v) is 6.54. The lowest BCUT2D eigenvalue weighted by Crippen LogP contribution is -2.24. The second-order valence-corrected chi connectivity index (χ2v) is 9.11. The van der Waals surface area contributed by atoms with Gasteiger partial charge in [-0.1, -0.05) is 48.0 Å². The van der Waals surface area contributed by atoms with Crippen LogP contribution >= 0.6 is 11.6 Å². The first-order chi connectivity index (χ1) is 18.4. The smallest absolute Gasteiger partial charge is 0.244 e. The van der Waals surface area contributed by atoms with Gasteiger partial charge in [0.25, 0.3) is 0 Å². The number of aromatic nitrogens is 1. The molecule has 0 bridgehead atoms. The van der Waals surface area contributed by atoms with Gasteiger partial charge < -0.3 is 19.4 Å². The summed E-state index contributed by atoms with van der Waals surface area (Å²) in [6.07, 6.45) is 1.43. The van der Waals surface area contributed by atoms with Gasteiger partial charge in [-0.15, -0.1) is 0 Å². The van der Waals surface area contributed by atoms with Crippen molar-refractivity contribution in [3.63, 3.8) is 0 Å². The molecule has 38 heavy (non-hydrogen) atoms. The second-order valence-electron chi connectivity index (χ2n) is 8.67. The molecule has 1 amide bonds. The van der Waals surface area contributed by atoms with E-state index in [9.17, 15) is 14.4 Å². The van der Waals surface area contributed by atoms with Gasteiger partial charge in [-0.25, -0.2) is 0 Å². The van der Waals surface area contributed by atoms with Crippen LogP contribution in [-0.2, 0) is 11.3 Å². The van der Waals surface area contributed by atoms with E-state index in [-0.39, 0.29) is 23.4 Å². The van der Waals surface area contributed by atoms with Crippen LogP contribution in [0.15, 0.2) is 89.9 Å². The van der Waals surface area contributed by atoms with Gasteiger partial charge in [0, 0.05) is 28.5 Å². The van der Waals surface area contributed by atoms with Crippen LogP contribution in [0.3, 0.4) is 0 Å². The summed E-state index contributed by atoms with van der Waals surface area (Å²) in [4.78, 5) is 40.2. The lowest BCUT2D eigenvalue weighted by atomic mass is 9.99. The van der Waals surface area contributed by atoms with Crippen LogP contribution in [0, 0.1) is 0 Å². The normalized spacial score (nSPS) is 10.9. The fourth-order valence-electron chi connectivity index (χ4n) is 4.38. The quantitative estimate of drug-likeness (QED) is 0.275. The van der Waals surface area contributed by atoms with Gasteiger partial charge in [0.2, 0.25) is 11.3 Å². The Morgan fingerprint density at radius 1 is 0.868 bits per heavy atom. The van der Waals surface area contributed by atoms with Crippen molar-refractivity contribution in [1.82, 2.24) is 4.57 Å². The Morgan fingerprint density at radius 2 is 1.55 bits per heavy atom. The topological polar surface area (TPSA) is 86.6 Å². The summed E-state index contributed by atoms with van der Waals surface area (Å²) in [6.45, 7) is -0.160. The zero-order valence-electron chi connectivity index (χ0n) is 20.7. The molecule has 5 aromatic rings. The molecule has 0 fully saturated rings. The minimum absolute atomic E-state index is 0.0562. The number of carbonyl (C=O) groups excluding carboxylic acids is 2. The number of rotatable bonds is 7. The molecule has 0 unspecified atom stereocenters. The molecule has 0 aliphatic carbocycles. The van der Waals surface area contributed by atoms with Crippen molar-refractivity contribution < 1.29 is 19.1 Å². The predicted molar refractivity (Wildman–Crippen MR) is 149 cm³/mol. The van der Waals surface area contributed by atoms with Gasteiger partial charge in [0.1, 0.15) is 6.54 Å². The zero-order chi connectivity index (χ0) is 26.8. The number of nitrogens with zero attached hydrogens (tertiary/aromatic N) is 1. The van der Waals surface area contributed by atoms with Crippen molar-refractivity contribution in [3.8, 4) is 11.5 Å². The monoisotopic (exact) mass is 526 g/mol. The highest BCUT2D eigenvalue weighted by molar-refractivity contribution is 6.30. The summed E-state index contributed by atoms with van der Waals surface area (Å²) in [6, 6.07) is 22.8. The maximum absolute atomic E-state index is 13.6. The van der Waals surface area contributed by atoms with Gasteiger partial charge in [-0.2, -0.15) is 0 Å². The van der Waals surface area contributed by atoms with Crippen molar-refractivity contribution >= 4 is 50.7 Å². The first kappa shape index (κ1) is 25.0. The number of ketones is 1. The van der Waals surface area contributed by atoms with Crippen LogP contribution in [0.2, 0.25) is 5.02 Å². The van der Waals surface area contributed by atoms with Crippen molar-refractivity contribution in [3.05, 3.63) is 111 Å². The average Bonchev–Trinajstić information content (AvgIpc) is 2.94. The molecule has 8 heteroatoms. The lowest BCUT2D eigenvalue weighted by Gasteiger charge is -2.16. The van der Waals surface area contributed by atoms with E-state index in [1.807, 2.05) is 30.3 Å². The van der Waals surface area contributed by atoms with Crippen LogP contribution in [0.5, 0.6) is 11.5 Å². The van der Waals surface area contributed by atoms with Crippen LogP contribution in [0.1, 0.15) is 15.9 Å². The summed E-state index contributed by atoms with van der Waals surface area (Å²) in [5, 5.41) is 5.45. The van der Waals surface area contributed by atoms with E-state index < -0.39 is 11.2 Å². The van der Waals surface area contributed by atoms with Crippen molar-refractivity contribution in [1.29, 1.82) is 0 Å². The van der Waals surface area contributed by atoms with E-state index in [1.54, 1.807) is 47.0 Å². The van der Waals surface area contributed by atoms with Gasteiger partial charge >= 0.3 is 0 Å².